The number of amides is 1. The fourth-order valence-electron chi connectivity index (χ4n) is 4.71. The quantitative estimate of drug-likeness (QED) is 0.281. The molecule has 1 N–H and O–H groups in total. The average molecular weight is 576 g/mol. The third kappa shape index (κ3) is 6.70. The number of carbonyl (C=O) groups excluding carboxylic acids is 1. The molecule has 0 unspecified atom stereocenters. The minimum Gasteiger partial charge on any atom is -0.385 e. The number of rotatable bonds is 10. The fourth-order valence-corrected chi connectivity index (χ4v) is 6.10. The first kappa shape index (κ1) is 28.6. The van der Waals surface area contributed by atoms with E-state index in [-0.39, 0.29) is 41.9 Å². The molecule has 41 heavy (non-hydrogen) atoms. The van der Waals surface area contributed by atoms with E-state index in [1.165, 1.54) is 6.07 Å². The van der Waals surface area contributed by atoms with Crippen molar-refractivity contribution >= 4 is 32.5 Å². The second-order valence-electron chi connectivity index (χ2n) is 9.75. The number of ether oxygens (including phenoxy) is 2. The van der Waals surface area contributed by atoms with Crippen LogP contribution in [0.1, 0.15) is 35.0 Å². The number of anilines is 1. The number of methoxy groups -OCH3 is 1. The van der Waals surface area contributed by atoms with E-state index < -0.39 is 9.84 Å². The van der Waals surface area contributed by atoms with E-state index in [9.17, 15) is 13.2 Å². The van der Waals surface area contributed by atoms with Gasteiger partial charge >= 0.3 is 0 Å². The van der Waals surface area contributed by atoms with Crippen LogP contribution < -0.4 is 10.2 Å². The van der Waals surface area contributed by atoms with Crippen molar-refractivity contribution in [3.8, 4) is 11.4 Å². The molecule has 214 valence electrons. The molecule has 0 atom stereocenters. The number of hydrogen-bond acceptors (Lipinski definition) is 9. The molecule has 4 heterocycles. The van der Waals surface area contributed by atoms with Crippen LogP contribution >= 0.6 is 0 Å². The van der Waals surface area contributed by atoms with E-state index in [0.29, 0.717) is 17.9 Å². The predicted molar refractivity (Wildman–Crippen MR) is 156 cm³/mol. The lowest BCUT2D eigenvalue weighted by Gasteiger charge is -2.22. The van der Waals surface area contributed by atoms with Crippen molar-refractivity contribution in [3.05, 3.63) is 77.6 Å². The Hall–Kier alpha value is -3.93. The molecule has 1 aliphatic heterocycles. The summed E-state index contributed by atoms with van der Waals surface area (Å²) in [6.07, 6.45) is 2.64. The largest absolute Gasteiger partial charge is 0.385 e. The number of pyridine rings is 3. The van der Waals surface area contributed by atoms with Crippen molar-refractivity contribution in [1.29, 1.82) is 0 Å². The number of nitrogens with one attached hydrogen (secondary N) is 1. The molecule has 0 saturated carbocycles. The first-order valence-corrected chi connectivity index (χ1v) is 15.2. The fraction of sp³-hybridized carbons (Fsp3) is 0.333. The van der Waals surface area contributed by atoms with Gasteiger partial charge in [0.15, 0.2) is 9.84 Å². The van der Waals surface area contributed by atoms with Gasteiger partial charge in [-0.25, -0.2) is 18.4 Å². The van der Waals surface area contributed by atoms with Crippen molar-refractivity contribution in [2.24, 2.45) is 0 Å². The van der Waals surface area contributed by atoms with Crippen LogP contribution in [-0.4, -0.2) is 68.4 Å². The Kier molecular flexibility index (Phi) is 8.87. The number of sulfone groups is 1. The molecule has 0 saturated heterocycles. The maximum absolute atomic E-state index is 12.9. The first-order valence-electron chi connectivity index (χ1n) is 13.6. The van der Waals surface area contributed by atoms with Crippen LogP contribution in [0.15, 0.2) is 65.7 Å². The summed E-state index contributed by atoms with van der Waals surface area (Å²) in [6.45, 7) is 4.99. The zero-order valence-corrected chi connectivity index (χ0v) is 24.0. The molecule has 1 aliphatic rings. The summed E-state index contributed by atoms with van der Waals surface area (Å²) >= 11 is 0. The molecular weight excluding hydrogens is 542 g/mol. The summed E-state index contributed by atoms with van der Waals surface area (Å²) in [6, 6.07) is 16.3. The van der Waals surface area contributed by atoms with Crippen molar-refractivity contribution in [1.82, 2.24) is 20.3 Å². The number of nitrogens with zero attached hydrogens (tertiary/aromatic N) is 4. The van der Waals surface area contributed by atoms with Crippen LogP contribution in [0.25, 0.3) is 22.3 Å². The van der Waals surface area contributed by atoms with Crippen molar-refractivity contribution < 1.29 is 22.7 Å². The van der Waals surface area contributed by atoms with E-state index in [1.807, 2.05) is 36.4 Å². The Balaban J connectivity index is 1.32. The van der Waals surface area contributed by atoms with Crippen LogP contribution in [0.5, 0.6) is 0 Å². The standard InChI is InChI=1S/C30H33N5O5S/c1-3-35(12-5-13-39-2)29-7-4-6-25(34-29)26-11-10-22-18-31-24(17-27(22)33-26)19-32-30(36)21-8-9-23-20-40-14-15-41(37,38)28(23)16-21/h4,6-11,16-18H,3,5,12-15,19-20H2,1-2H3,(H,32,36). The highest BCUT2D eigenvalue weighted by Gasteiger charge is 2.23. The molecule has 0 spiro atoms. The lowest BCUT2D eigenvalue weighted by molar-refractivity contribution is 0.0950. The Morgan fingerprint density at radius 2 is 1.95 bits per heavy atom. The van der Waals surface area contributed by atoms with Gasteiger partial charge in [0, 0.05) is 44.0 Å². The van der Waals surface area contributed by atoms with E-state index in [4.69, 9.17) is 19.4 Å². The normalized spacial score (nSPS) is 14.3. The average Bonchev–Trinajstić information content (AvgIpc) is 3.15. The molecule has 3 aromatic heterocycles. The van der Waals surface area contributed by atoms with Gasteiger partial charge in [-0.1, -0.05) is 12.1 Å². The minimum atomic E-state index is -3.51. The summed E-state index contributed by atoms with van der Waals surface area (Å²) in [5.74, 6) is 0.398. The van der Waals surface area contributed by atoms with Crippen molar-refractivity contribution in [2.75, 3.05) is 44.1 Å². The number of carbonyl (C=O) groups is 1. The van der Waals surface area contributed by atoms with Gasteiger partial charge in [-0.05, 0) is 61.4 Å². The van der Waals surface area contributed by atoms with Gasteiger partial charge < -0.3 is 19.7 Å². The van der Waals surface area contributed by atoms with Gasteiger partial charge in [-0.3, -0.25) is 9.78 Å². The summed E-state index contributed by atoms with van der Waals surface area (Å²) in [5, 5.41) is 3.71. The lowest BCUT2D eigenvalue weighted by Crippen LogP contribution is -2.25. The van der Waals surface area contributed by atoms with Crippen LogP contribution in [0.2, 0.25) is 0 Å². The Morgan fingerprint density at radius 1 is 1.10 bits per heavy atom. The Bertz CT molecular complexity index is 1660. The molecule has 0 aliphatic carbocycles. The van der Waals surface area contributed by atoms with Crippen LogP contribution in [0.4, 0.5) is 5.82 Å². The predicted octanol–water partition coefficient (Wildman–Crippen LogP) is 3.79. The number of hydrogen-bond donors (Lipinski definition) is 1. The SMILES string of the molecule is CCN(CCCOC)c1cccc(-c2ccc3cnc(CNC(=O)c4ccc5c(c4)S(=O)(=O)CCOC5)cc3n2)n1. The summed E-state index contributed by atoms with van der Waals surface area (Å²) in [7, 11) is -1.80. The zero-order chi connectivity index (χ0) is 28.8. The minimum absolute atomic E-state index is 0.105. The molecule has 10 nitrogen and oxygen atoms in total. The molecule has 1 aromatic carbocycles. The van der Waals surface area contributed by atoms with E-state index in [0.717, 1.165) is 47.6 Å². The van der Waals surface area contributed by atoms with Crippen LogP contribution in [0.3, 0.4) is 0 Å². The second kappa shape index (κ2) is 12.7. The first-order chi connectivity index (χ1) is 19.9. The molecule has 0 fully saturated rings. The van der Waals surface area contributed by atoms with Crippen LogP contribution in [-0.2, 0) is 32.5 Å². The van der Waals surface area contributed by atoms with Crippen LogP contribution in [0, 0.1) is 0 Å². The van der Waals surface area contributed by atoms with Gasteiger partial charge in [0.1, 0.15) is 5.82 Å². The Morgan fingerprint density at radius 3 is 2.78 bits per heavy atom. The van der Waals surface area contributed by atoms with Gasteiger partial charge in [0.25, 0.3) is 5.91 Å². The maximum atomic E-state index is 12.9. The second-order valence-corrected chi connectivity index (χ2v) is 11.8. The molecule has 4 aromatic rings. The van der Waals surface area contributed by atoms with E-state index in [2.05, 4.69) is 22.1 Å². The topological polar surface area (TPSA) is 124 Å². The maximum Gasteiger partial charge on any atom is 0.251 e. The number of fused-ring (bicyclic) bond motifs is 2. The summed E-state index contributed by atoms with van der Waals surface area (Å²) in [4.78, 5) is 29.4. The number of aromatic nitrogens is 3. The Labute approximate surface area is 239 Å². The third-order valence-corrected chi connectivity index (χ3v) is 8.71. The molecule has 11 heteroatoms. The summed E-state index contributed by atoms with van der Waals surface area (Å²) < 4.78 is 35.7. The zero-order valence-electron chi connectivity index (χ0n) is 23.2. The monoisotopic (exact) mass is 575 g/mol. The molecular formula is C30H33N5O5S. The highest BCUT2D eigenvalue weighted by atomic mass is 32.2. The van der Waals surface area contributed by atoms with Crippen molar-refractivity contribution in [2.45, 2.75) is 31.4 Å². The smallest absolute Gasteiger partial charge is 0.251 e. The van der Waals surface area contributed by atoms with E-state index in [1.54, 1.807) is 25.4 Å². The molecule has 0 bridgehead atoms. The van der Waals surface area contributed by atoms with Gasteiger partial charge in [-0.15, -0.1) is 0 Å². The molecule has 0 radical (unpaired) electrons. The lowest BCUT2D eigenvalue weighted by atomic mass is 10.1. The van der Waals surface area contributed by atoms with E-state index >= 15 is 0 Å². The van der Waals surface area contributed by atoms with Gasteiger partial charge in [0.05, 0.1) is 53.0 Å². The third-order valence-electron chi connectivity index (χ3n) is 6.96. The molecule has 1 amide bonds. The number of benzene rings is 1. The van der Waals surface area contributed by atoms with Crippen molar-refractivity contribution in [3.63, 3.8) is 0 Å². The highest BCUT2D eigenvalue weighted by Crippen LogP contribution is 2.24. The summed E-state index contributed by atoms with van der Waals surface area (Å²) in [5.41, 5.74) is 3.70. The highest BCUT2D eigenvalue weighted by molar-refractivity contribution is 7.91. The molecule has 5 rings (SSSR count). The van der Waals surface area contributed by atoms with Gasteiger partial charge in [0.2, 0.25) is 0 Å². The van der Waals surface area contributed by atoms with Gasteiger partial charge in [-0.2, -0.15) is 0 Å².